The lowest BCUT2D eigenvalue weighted by atomic mass is 10.2. The summed E-state index contributed by atoms with van der Waals surface area (Å²) in [4.78, 5) is -0.128. The Hall–Kier alpha value is -1.27. The van der Waals surface area contributed by atoms with Crippen LogP contribution >= 0.6 is 34.8 Å². The molecule has 0 fully saturated rings. The van der Waals surface area contributed by atoms with Crippen molar-refractivity contribution < 1.29 is 31.4 Å². The van der Waals surface area contributed by atoms with Crippen LogP contribution in [0, 0.1) is 5.92 Å². The molecule has 0 bridgehead atoms. The quantitative estimate of drug-likeness (QED) is 0.382. The van der Waals surface area contributed by atoms with Gasteiger partial charge in [-0.25, -0.2) is 21.6 Å². The first-order valence-electron chi connectivity index (χ1n) is 9.62. The molecule has 184 valence electrons. The molecule has 0 radical (unpaired) electrons. The fourth-order valence-corrected chi connectivity index (χ4v) is 5.07. The summed E-state index contributed by atoms with van der Waals surface area (Å²) < 4.78 is 61.2. The summed E-state index contributed by atoms with van der Waals surface area (Å²) >= 11 is 18.2. The number of hydrogen-bond donors (Lipinski definition) is 2. The van der Waals surface area contributed by atoms with Gasteiger partial charge in [0.25, 0.3) is 0 Å². The zero-order valence-corrected chi connectivity index (χ0v) is 21.7. The van der Waals surface area contributed by atoms with Crippen molar-refractivity contribution in [1.29, 1.82) is 0 Å². The van der Waals surface area contributed by atoms with Gasteiger partial charge < -0.3 is 14.6 Å². The number of ether oxygens (including phenoxy) is 2. The van der Waals surface area contributed by atoms with E-state index in [0.29, 0.717) is 11.6 Å². The second-order valence-electron chi connectivity index (χ2n) is 7.35. The molecule has 0 amide bonds. The molecule has 0 heterocycles. The third-order valence-corrected chi connectivity index (χ3v) is 7.74. The first-order chi connectivity index (χ1) is 15.3. The van der Waals surface area contributed by atoms with Crippen LogP contribution in [0.5, 0.6) is 11.5 Å². The number of halogens is 3. The van der Waals surface area contributed by atoms with Crippen LogP contribution in [-0.4, -0.2) is 59.9 Å². The number of hydrogen-bond acceptors (Lipinski definition) is 7. The number of benzene rings is 2. The van der Waals surface area contributed by atoms with Crippen LogP contribution in [0.4, 0.5) is 0 Å². The minimum absolute atomic E-state index is 0.0225. The molecule has 0 aliphatic heterocycles. The molecular formula is C20H24Cl3NO7S2. The van der Waals surface area contributed by atoms with Gasteiger partial charge in [-0.05, 0) is 36.4 Å². The van der Waals surface area contributed by atoms with Crippen molar-refractivity contribution in [3.05, 3.63) is 46.4 Å². The van der Waals surface area contributed by atoms with Gasteiger partial charge >= 0.3 is 0 Å². The van der Waals surface area contributed by atoms with Crippen molar-refractivity contribution in [2.24, 2.45) is 5.92 Å². The van der Waals surface area contributed by atoms with Crippen LogP contribution in [0.1, 0.15) is 6.92 Å². The fourth-order valence-electron chi connectivity index (χ4n) is 2.45. The van der Waals surface area contributed by atoms with E-state index in [1.807, 2.05) is 6.92 Å². The Balaban J connectivity index is 2.11. The van der Waals surface area contributed by atoms with Gasteiger partial charge in [0.05, 0.1) is 32.7 Å². The van der Waals surface area contributed by atoms with Crippen LogP contribution in [-0.2, 0) is 19.9 Å². The Bertz CT molecular complexity index is 1130. The molecule has 2 aromatic rings. The van der Waals surface area contributed by atoms with E-state index < -0.39 is 26.0 Å². The smallest absolute Gasteiger partial charge is 0.208 e. The topological polar surface area (TPSA) is 119 Å². The van der Waals surface area contributed by atoms with E-state index >= 15 is 0 Å². The van der Waals surface area contributed by atoms with Gasteiger partial charge in [-0.3, -0.25) is 0 Å². The second-order valence-corrected chi connectivity index (χ2v) is 12.3. The maximum absolute atomic E-state index is 13.0. The lowest BCUT2D eigenvalue weighted by Crippen LogP contribution is -2.34. The Morgan fingerprint density at radius 1 is 0.970 bits per heavy atom. The Morgan fingerprint density at radius 3 is 2.06 bits per heavy atom. The number of rotatable bonds is 12. The normalized spacial score (nSPS) is 14.0. The van der Waals surface area contributed by atoms with Crippen LogP contribution < -0.4 is 14.2 Å². The maximum Gasteiger partial charge on any atom is 0.208 e. The third-order valence-electron chi connectivity index (χ3n) is 4.22. The summed E-state index contributed by atoms with van der Waals surface area (Å²) in [6.45, 7) is 1.75. The second kappa shape index (κ2) is 11.9. The Kier molecular flexibility index (Phi) is 10.1. The van der Waals surface area contributed by atoms with Crippen molar-refractivity contribution in [3.63, 3.8) is 0 Å². The van der Waals surface area contributed by atoms with E-state index in [1.165, 1.54) is 36.4 Å². The lowest BCUT2D eigenvalue weighted by Gasteiger charge is -2.15. The molecular weight excluding hydrogens is 537 g/mol. The number of sulfone groups is 1. The standard InChI is InChI=1S/C20H24Cl3NO7S2/c1-13(9-21)11-31-20-18(22)7-17(8-19(20)23)33(28,29)16-5-3-15(4-6-16)30-12-14(25)10-24-32(2,26)27/h3-8,13-14,24-25H,9-12H2,1-2H3. The highest BCUT2D eigenvalue weighted by Crippen LogP contribution is 2.37. The van der Waals surface area contributed by atoms with E-state index in [2.05, 4.69) is 4.72 Å². The molecule has 2 atom stereocenters. The molecule has 2 N–H and O–H groups in total. The van der Waals surface area contributed by atoms with Gasteiger partial charge in [-0.15, -0.1) is 11.6 Å². The lowest BCUT2D eigenvalue weighted by molar-refractivity contribution is 0.111. The van der Waals surface area contributed by atoms with Crippen LogP contribution in [0.3, 0.4) is 0 Å². The van der Waals surface area contributed by atoms with Crippen molar-refractivity contribution in [2.45, 2.75) is 22.8 Å². The number of sulfonamides is 1. The van der Waals surface area contributed by atoms with Gasteiger partial charge in [-0.1, -0.05) is 30.1 Å². The minimum Gasteiger partial charge on any atom is -0.491 e. The van der Waals surface area contributed by atoms with Crippen LogP contribution in [0.15, 0.2) is 46.2 Å². The van der Waals surface area contributed by atoms with E-state index in [-0.39, 0.29) is 51.3 Å². The minimum atomic E-state index is -3.94. The van der Waals surface area contributed by atoms with E-state index in [1.54, 1.807) is 0 Å². The molecule has 2 aromatic carbocycles. The number of nitrogens with one attached hydrogen (secondary N) is 1. The van der Waals surface area contributed by atoms with Gasteiger partial charge in [0.15, 0.2) is 5.75 Å². The molecule has 33 heavy (non-hydrogen) atoms. The van der Waals surface area contributed by atoms with Crippen molar-refractivity contribution in [2.75, 3.05) is 31.9 Å². The molecule has 2 unspecified atom stereocenters. The maximum atomic E-state index is 13.0. The van der Waals surface area contributed by atoms with E-state index in [0.717, 1.165) is 6.26 Å². The average molecular weight is 561 g/mol. The fraction of sp³-hybridized carbons (Fsp3) is 0.400. The van der Waals surface area contributed by atoms with Crippen LogP contribution in [0.2, 0.25) is 10.0 Å². The summed E-state index contributed by atoms with van der Waals surface area (Å²) in [6.07, 6.45) is -0.108. The highest BCUT2D eigenvalue weighted by atomic mass is 35.5. The molecule has 2 rings (SSSR count). The average Bonchev–Trinajstić information content (AvgIpc) is 2.75. The Morgan fingerprint density at radius 2 is 1.55 bits per heavy atom. The first kappa shape index (κ1) is 28.0. The Labute approximate surface area is 208 Å². The molecule has 0 saturated carbocycles. The molecule has 8 nitrogen and oxygen atoms in total. The van der Waals surface area contributed by atoms with E-state index in [4.69, 9.17) is 44.3 Å². The van der Waals surface area contributed by atoms with Gasteiger partial charge in [0.1, 0.15) is 18.5 Å². The predicted octanol–water partition coefficient (Wildman–Crippen LogP) is 3.37. The molecule has 0 spiro atoms. The SMILES string of the molecule is CC(CCl)COc1c(Cl)cc(S(=O)(=O)c2ccc(OCC(O)CNS(C)(=O)=O)cc2)cc1Cl. The van der Waals surface area contributed by atoms with Crippen molar-refractivity contribution in [1.82, 2.24) is 4.72 Å². The molecule has 0 aliphatic rings. The number of alkyl halides is 1. The first-order valence-corrected chi connectivity index (χ1v) is 14.3. The number of aliphatic hydroxyl groups is 1. The molecule has 0 saturated heterocycles. The number of aliphatic hydroxyl groups excluding tert-OH is 1. The van der Waals surface area contributed by atoms with Crippen molar-refractivity contribution >= 4 is 54.7 Å². The zero-order chi connectivity index (χ0) is 24.8. The monoisotopic (exact) mass is 559 g/mol. The third kappa shape index (κ3) is 8.47. The van der Waals surface area contributed by atoms with Crippen molar-refractivity contribution in [3.8, 4) is 11.5 Å². The molecule has 13 heteroatoms. The predicted molar refractivity (Wildman–Crippen MR) is 128 cm³/mol. The van der Waals surface area contributed by atoms with Crippen LogP contribution in [0.25, 0.3) is 0 Å². The van der Waals surface area contributed by atoms with Gasteiger partial charge in [0.2, 0.25) is 19.9 Å². The summed E-state index contributed by atoms with van der Waals surface area (Å²) in [5.74, 6) is 0.917. The van der Waals surface area contributed by atoms with E-state index in [9.17, 15) is 21.9 Å². The van der Waals surface area contributed by atoms with Gasteiger partial charge in [0, 0.05) is 18.3 Å². The zero-order valence-electron chi connectivity index (χ0n) is 17.8. The highest BCUT2D eigenvalue weighted by Gasteiger charge is 2.22. The molecule has 0 aliphatic carbocycles. The van der Waals surface area contributed by atoms with Gasteiger partial charge in [-0.2, -0.15) is 0 Å². The highest BCUT2D eigenvalue weighted by molar-refractivity contribution is 7.91. The summed E-state index contributed by atoms with van der Waals surface area (Å²) in [5.41, 5.74) is 0. The summed E-state index contributed by atoms with van der Waals surface area (Å²) in [7, 11) is -7.37. The summed E-state index contributed by atoms with van der Waals surface area (Å²) in [5, 5.41) is 9.88. The molecule has 0 aromatic heterocycles. The summed E-state index contributed by atoms with van der Waals surface area (Å²) in [6, 6.07) is 8.02. The largest absolute Gasteiger partial charge is 0.491 e.